The number of nitrogens with zero attached hydrogens (tertiary/aromatic N) is 4. The topological polar surface area (TPSA) is 72.9 Å². The number of hydrogen-bond donors (Lipinski definition) is 1. The van der Waals surface area contributed by atoms with Crippen LogP contribution in [0.2, 0.25) is 10.2 Å². The predicted molar refractivity (Wildman–Crippen MR) is 105 cm³/mol. The van der Waals surface area contributed by atoms with Gasteiger partial charge in [-0.1, -0.05) is 41.0 Å². The van der Waals surface area contributed by atoms with Crippen molar-refractivity contribution in [3.63, 3.8) is 0 Å². The minimum Gasteiger partial charge on any atom is -0.477 e. The van der Waals surface area contributed by atoms with Crippen LogP contribution in [0.1, 0.15) is 10.5 Å². The van der Waals surface area contributed by atoms with Gasteiger partial charge in [-0.2, -0.15) is 5.10 Å². The largest absolute Gasteiger partial charge is 0.477 e. The maximum absolute atomic E-state index is 14.9. The lowest BCUT2D eigenvalue weighted by Gasteiger charge is -2.05. The summed E-state index contributed by atoms with van der Waals surface area (Å²) in [5.74, 6) is -1.74. The van der Waals surface area contributed by atoms with Crippen LogP contribution in [0, 0.1) is 5.82 Å². The average Bonchev–Trinajstić information content (AvgIpc) is 3.20. The highest BCUT2D eigenvalue weighted by molar-refractivity contribution is 7.99. The van der Waals surface area contributed by atoms with E-state index in [1.807, 2.05) is 0 Å². The third-order valence-electron chi connectivity index (χ3n) is 4.02. The SMILES string of the molecule is Cn1cc(-n2c(Cl)c(Sc3cccc(C(=O)O)n3)c3ccc(Cl)c(F)c32)cn1. The van der Waals surface area contributed by atoms with Gasteiger partial charge in [-0.15, -0.1) is 0 Å². The fraction of sp³-hybridized carbons (Fsp3) is 0.0556. The molecule has 0 radical (unpaired) electrons. The molecule has 142 valence electrons. The van der Waals surface area contributed by atoms with Crippen molar-refractivity contribution in [2.24, 2.45) is 7.05 Å². The first-order chi connectivity index (χ1) is 13.4. The molecule has 0 spiro atoms. The number of aromatic carboxylic acids is 1. The summed E-state index contributed by atoms with van der Waals surface area (Å²) in [6.07, 6.45) is 3.26. The molecule has 0 saturated heterocycles. The third kappa shape index (κ3) is 3.13. The number of halogens is 3. The lowest BCUT2D eigenvalue weighted by molar-refractivity contribution is 0.0689. The molecule has 0 fully saturated rings. The fourth-order valence-corrected chi connectivity index (χ4v) is 4.31. The van der Waals surface area contributed by atoms with Crippen molar-refractivity contribution in [2.75, 3.05) is 0 Å². The Hall–Kier alpha value is -2.55. The van der Waals surface area contributed by atoms with Gasteiger partial charge in [0.1, 0.15) is 15.9 Å². The Morgan fingerprint density at radius 1 is 1.25 bits per heavy atom. The molecule has 1 N–H and O–H groups in total. The van der Waals surface area contributed by atoms with Crippen LogP contribution in [0.25, 0.3) is 16.6 Å². The van der Waals surface area contributed by atoms with Gasteiger partial charge in [-0.25, -0.2) is 14.2 Å². The molecule has 4 aromatic rings. The number of fused-ring (bicyclic) bond motifs is 1. The molecule has 1 aromatic carbocycles. The van der Waals surface area contributed by atoms with E-state index in [9.17, 15) is 9.18 Å². The summed E-state index contributed by atoms with van der Waals surface area (Å²) >= 11 is 13.8. The van der Waals surface area contributed by atoms with Crippen molar-refractivity contribution in [2.45, 2.75) is 9.92 Å². The molecule has 0 atom stereocenters. The van der Waals surface area contributed by atoms with E-state index in [0.29, 0.717) is 21.0 Å². The zero-order chi connectivity index (χ0) is 20.0. The van der Waals surface area contributed by atoms with Gasteiger partial charge in [-0.05, 0) is 24.3 Å². The second kappa shape index (κ2) is 7.12. The predicted octanol–water partition coefficient (Wildman–Crippen LogP) is 5.05. The van der Waals surface area contributed by atoms with E-state index >= 15 is 0 Å². The summed E-state index contributed by atoms with van der Waals surface area (Å²) in [4.78, 5) is 15.8. The number of carbonyl (C=O) groups is 1. The van der Waals surface area contributed by atoms with Crippen LogP contribution < -0.4 is 0 Å². The van der Waals surface area contributed by atoms with Crippen LogP contribution >= 0.6 is 35.0 Å². The average molecular weight is 437 g/mol. The molecule has 0 aliphatic carbocycles. The summed E-state index contributed by atoms with van der Waals surface area (Å²) in [6, 6.07) is 7.76. The van der Waals surface area contributed by atoms with Crippen molar-refractivity contribution < 1.29 is 14.3 Å². The van der Waals surface area contributed by atoms with E-state index in [2.05, 4.69) is 10.1 Å². The molecule has 0 bridgehead atoms. The zero-order valence-electron chi connectivity index (χ0n) is 14.2. The highest BCUT2D eigenvalue weighted by Gasteiger charge is 2.23. The highest BCUT2D eigenvalue weighted by atomic mass is 35.5. The molecule has 0 saturated carbocycles. The zero-order valence-corrected chi connectivity index (χ0v) is 16.6. The normalized spacial score (nSPS) is 11.3. The van der Waals surface area contributed by atoms with E-state index in [0.717, 1.165) is 11.8 Å². The molecule has 10 heteroatoms. The first-order valence-electron chi connectivity index (χ1n) is 7.92. The maximum atomic E-state index is 14.9. The van der Waals surface area contributed by atoms with E-state index < -0.39 is 11.8 Å². The Morgan fingerprint density at radius 2 is 2.04 bits per heavy atom. The second-order valence-corrected chi connectivity index (χ2v) is 7.65. The minimum absolute atomic E-state index is 0.0330. The number of carboxylic acids is 1. The van der Waals surface area contributed by atoms with Crippen molar-refractivity contribution in [3.05, 3.63) is 64.4 Å². The monoisotopic (exact) mass is 436 g/mol. The van der Waals surface area contributed by atoms with E-state index in [4.69, 9.17) is 28.3 Å². The Labute approximate surface area is 172 Å². The van der Waals surface area contributed by atoms with Gasteiger partial charge in [0.25, 0.3) is 0 Å². The smallest absolute Gasteiger partial charge is 0.354 e. The van der Waals surface area contributed by atoms with E-state index in [-0.39, 0.29) is 21.4 Å². The van der Waals surface area contributed by atoms with Crippen LogP contribution in [0.4, 0.5) is 4.39 Å². The molecule has 0 amide bonds. The van der Waals surface area contributed by atoms with Gasteiger partial charge in [0, 0.05) is 18.6 Å². The molecular weight excluding hydrogens is 426 g/mol. The molecule has 0 unspecified atom stereocenters. The number of carboxylic acid groups (broad SMARTS) is 1. The number of hydrogen-bond acceptors (Lipinski definition) is 4. The summed E-state index contributed by atoms with van der Waals surface area (Å²) in [7, 11) is 1.74. The van der Waals surface area contributed by atoms with Crippen molar-refractivity contribution in [1.82, 2.24) is 19.3 Å². The number of rotatable bonds is 4. The Bertz CT molecular complexity index is 1240. The molecule has 0 aliphatic rings. The quantitative estimate of drug-likeness (QED) is 0.484. The first-order valence-corrected chi connectivity index (χ1v) is 9.49. The fourth-order valence-electron chi connectivity index (χ4n) is 2.81. The molecule has 6 nitrogen and oxygen atoms in total. The van der Waals surface area contributed by atoms with E-state index in [1.54, 1.807) is 42.3 Å². The van der Waals surface area contributed by atoms with Gasteiger partial charge in [0.2, 0.25) is 0 Å². The summed E-state index contributed by atoms with van der Waals surface area (Å²) in [5.41, 5.74) is 0.687. The number of benzene rings is 1. The van der Waals surface area contributed by atoms with Crippen LogP contribution in [-0.2, 0) is 7.05 Å². The molecule has 3 heterocycles. The second-order valence-electron chi connectivity index (χ2n) is 5.85. The molecule has 28 heavy (non-hydrogen) atoms. The standard InChI is InChI=1S/C18H11Cl2FN4O2S/c1-24-8-9(7-22-24)25-15-10(5-6-11(19)14(15)21)16(17(25)20)28-13-4-2-3-12(23-13)18(26)27/h2-8H,1H3,(H,26,27). The van der Waals surface area contributed by atoms with Crippen LogP contribution in [-0.4, -0.2) is 30.4 Å². The van der Waals surface area contributed by atoms with Gasteiger partial charge >= 0.3 is 5.97 Å². The highest BCUT2D eigenvalue weighted by Crippen LogP contribution is 2.43. The van der Waals surface area contributed by atoms with Crippen molar-refractivity contribution in [3.8, 4) is 5.69 Å². The Morgan fingerprint density at radius 3 is 2.71 bits per heavy atom. The maximum Gasteiger partial charge on any atom is 0.354 e. The van der Waals surface area contributed by atoms with Gasteiger partial charge in [0.15, 0.2) is 5.82 Å². The lowest BCUT2D eigenvalue weighted by Crippen LogP contribution is -1.99. The van der Waals surface area contributed by atoms with Gasteiger partial charge < -0.3 is 5.11 Å². The number of aromatic nitrogens is 4. The first kappa shape index (κ1) is 18.8. The van der Waals surface area contributed by atoms with Crippen LogP contribution in [0.5, 0.6) is 0 Å². The molecule has 3 aromatic heterocycles. The Balaban J connectivity index is 1.95. The Kier molecular flexibility index (Phi) is 4.78. The van der Waals surface area contributed by atoms with E-state index in [1.165, 1.54) is 16.7 Å². The van der Waals surface area contributed by atoms with Crippen LogP contribution in [0.3, 0.4) is 0 Å². The van der Waals surface area contributed by atoms with Gasteiger partial charge in [0.05, 0.1) is 27.3 Å². The number of aryl methyl sites for hydroxylation is 1. The molecule has 4 rings (SSSR count). The molecule has 0 aliphatic heterocycles. The van der Waals surface area contributed by atoms with Crippen molar-refractivity contribution in [1.29, 1.82) is 0 Å². The third-order valence-corrected chi connectivity index (χ3v) is 5.84. The summed E-state index contributed by atoms with van der Waals surface area (Å²) < 4.78 is 18.0. The number of pyridine rings is 1. The molecular formula is C18H11Cl2FN4O2S. The van der Waals surface area contributed by atoms with Crippen LogP contribution in [0.15, 0.2) is 52.6 Å². The lowest BCUT2D eigenvalue weighted by atomic mass is 10.2. The summed E-state index contributed by atoms with van der Waals surface area (Å²) in [5, 5.41) is 14.4. The minimum atomic E-state index is -1.14. The summed E-state index contributed by atoms with van der Waals surface area (Å²) in [6.45, 7) is 0. The van der Waals surface area contributed by atoms with Gasteiger partial charge in [-0.3, -0.25) is 9.25 Å². The van der Waals surface area contributed by atoms with Crippen molar-refractivity contribution >= 4 is 51.8 Å².